The molecule has 2 atom stereocenters. The predicted molar refractivity (Wildman–Crippen MR) is 84.8 cm³/mol. The Morgan fingerprint density at radius 3 is 2.36 bits per heavy atom. The van der Waals surface area contributed by atoms with Gasteiger partial charge < -0.3 is 14.6 Å². The highest BCUT2D eigenvalue weighted by molar-refractivity contribution is 5.70. The molecule has 2 rings (SSSR count). The first-order chi connectivity index (χ1) is 10.5. The van der Waals surface area contributed by atoms with Crippen molar-refractivity contribution in [3.63, 3.8) is 0 Å². The zero-order valence-corrected chi connectivity index (χ0v) is 13.7. The zero-order chi connectivity index (χ0) is 16.2. The van der Waals surface area contributed by atoms with Crippen molar-refractivity contribution in [2.24, 2.45) is 0 Å². The Morgan fingerprint density at radius 2 is 1.82 bits per heavy atom. The largest absolute Gasteiger partial charge is 0.497 e. The smallest absolute Gasteiger partial charge is 0.306 e. The number of carbonyl (C=O) groups is 1. The van der Waals surface area contributed by atoms with Crippen LogP contribution in [-0.4, -0.2) is 23.8 Å². The molecule has 1 aromatic rings. The maximum absolute atomic E-state index is 12.0. The highest BCUT2D eigenvalue weighted by Gasteiger charge is 2.54. The second-order valence-corrected chi connectivity index (χ2v) is 5.98. The van der Waals surface area contributed by atoms with Crippen molar-refractivity contribution in [1.82, 2.24) is 0 Å². The fourth-order valence-corrected chi connectivity index (χ4v) is 3.43. The Bertz CT molecular complexity index is 510. The topological polar surface area (TPSA) is 55.8 Å². The summed E-state index contributed by atoms with van der Waals surface area (Å²) in [4.78, 5) is 12.0. The van der Waals surface area contributed by atoms with Crippen LogP contribution in [0.25, 0.3) is 0 Å². The zero-order valence-electron chi connectivity index (χ0n) is 13.7. The van der Waals surface area contributed by atoms with Crippen molar-refractivity contribution in [2.45, 2.75) is 63.6 Å². The van der Waals surface area contributed by atoms with E-state index >= 15 is 0 Å². The van der Waals surface area contributed by atoms with Gasteiger partial charge in [0.25, 0.3) is 0 Å². The lowest BCUT2D eigenvalue weighted by atomic mass is 9.66. The molecule has 1 N–H and O–H groups in total. The summed E-state index contributed by atoms with van der Waals surface area (Å²) >= 11 is 0. The molecule has 0 aliphatic heterocycles. The fourth-order valence-electron chi connectivity index (χ4n) is 3.43. The fraction of sp³-hybridized carbons (Fsp3) is 0.611. The molecule has 0 bridgehead atoms. The minimum absolute atomic E-state index is 0.274. The monoisotopic (exact) mass is 306 g/mol. The van der Waals surface area contributed by atoms with Gasteiger partial charge in [-0.15, -0.1) is 0 Å². The summed E-state index contributed by atoms with van der Waals surface area (Å²) in [6.07, 6.45) is 4.03. The van der Waals surface area contributed by atoms with Crippen LogP contribution in [-0.2, 0) is 15.1 Å². The average molecular weight is 306 g/mol. The van der Waals surface area contributed by atoms with Crippen LogP contribution in [0.2, 0.25) is 0 Å². The second kappa shape index (κ2) is 6.69. The van der Waals surface area contributed by atoms with Crippen LogP contribution in [0.3, 0.4) is 0 Å². The van der Waals surface area contributed by atoms with Crippen LogP contribution in [0, 0.1) is 0 Å². The number of rotatable bonds is 5. The molecular weight excluding hydrogens is 280 g/mol. The minimum atomic E-state index is -1.02. The molecule has 0 spiro atoms. The van der Waals surface area contributed by atoms with Crippen LogP contribution < -0.4 is 4.74 Å². The van der Waals surface area contributed by atoms with Gasteiger partial charge in [-0.1, -0.05) is 32.4 Å². The Balaban J connectivity index is 2.50. The van der Waals surface area contributed by atoms with Gasteiger partial charge in [0, 0.05) is 6.42 Å². The first-order valence-corrected chi connectivity index (χ1v) is 8.10. The molecule has 2 unspecified atom stereocenters. The van der Waals surface area contributed by atoms with Crippen molar-refractivity contribution in [1.29, 1.82) is 0 Å². The molecule has 0 heterocycles. The van der Waals surface area contributed by atoms with Gasteiger partial charge in [-0.2, -0.15) is 0 Å². The van der Waals surface area contributed by atoms with Gasteiger partial charge in [-0.25, -0.2) is 0 Å². The van der Waals surface area contributed by atoms with Gasteiger partial charge in [-0.05, 0) is 43.4 Å². The molecule has 4 nitrogen and oxygen atoms in total. The van der Waals surface area contributed by atoms with Crippen molar-refractivity contribution in [3.05, 3.63) is 29.8 Å². The number of aliphatic hydroxyl groups is 1. The second-order valence-electron chi connectivity index (χ2n) is 5.98. The lowest BCUT2D eigenvalue weighted by Gasteiger charge is -2.49. The van der Waals surface area contributed by atoms with E-state index in [9.17, 15) is 9.90 Å². The minimum Gasteiger partial charge on any atom is -0.497 e. The number of carbonyl (C=O) groups excluding carboxylic acids is 1. The van der Waals surface area contributed by atoms with Gasteiger partial charge in [0.15, 0.2) is 5.60 Å². The van der Waals surface area contributed by atoms with E-state index in [1.165, 1.54) is 0 Å². The lowest BCUT2D eigenvalue weighted by Crippen LogP contribution is -2.56. The molecule has 1 saturated carbocycles. The molecule has 1 fully saturated rings. The number of hydrogen-bond donors (Lipinski definition) is 1. The number of esters is 1. The summed E-state index contributed by atoms with van der Waals surface area (Å²) in [5.74, 6) is 0.473. The maximum atomic E-state index is 12.0. The third kappa shape index (κ3) is 2.84. The predicted octanol–water partition coefficient (Wildman–Crippen LogP) is 3.56. The molecule has 1 aromatic carbocycles. The molecule has 4 heteroatoms. The maximum Gasteiger partial charge on any atom is 0.306 e. The molecular formula is C18H26O4. The molecule has 22 heavy (non-hydrogen) atoms. The average Bonchev–Trinajstić information content (AvgIpc) is 2.57. The summed E-state index contributed by atoms with van der Waals surface area (Å²) in [7, 11) is 1.62. The molecule has 0 saturated heterocycles. The highest BCUT2D eigenvalue weighted by Crippen LogP contribution is 2.49. The van der Waals surface area contributed by atoms with Crippen LogP contribution in [0.15, 0.2) is 24.3 Å². The number of hydrogen-bond acceptors (Lipinski definition) is 4. The van der Waals surface area contributed by atoms with E-state index in [2.05, 4.69) is 0 Å². The summed E-state index contributed by atoms with van der Waals surface area (Å²) < 4.78 is 11.1. The van der Waals surface area contributed by atoms with Crippen molar-refractivity contribution in [2.75, 3.05) is 7.11 Å². The first-order valence-electron chi connectivity index (χ1n) is 8.10. The summed E-state index contributed by atoms with van der Waals surface area (Å²) in [5.41, 5.74) is -1.14. The Morgan fingerprint density at radius 1 is 1.18 bits per heavy atom. The lowest BCUT2D eigenvalue weighted by molar-refractivity contribution is -0.216. The van der Waals surface area contributed by atoms with E-state index < -0.39 is 11.2 Å². The van der Waals surface area contributed by atoms with Gasteiger partial charge in [-0.3, -0.25) is 4.79 Å². The van der Waals surface area contributed by atoms with E-state index in [1.807, 2.05) is 31.2 Å². The third-order valence-corrected chi connectivity index (χ3v) is 4.84. The van der Waals surface area contributed by atoms with E-state index in [-0.39, 0.29) is 5.97 Å². The summed E-state index contributed by atoms with van der Waals surface area (Å²) in [5, 5.41) is 11.2. The van der Waals surface area contributed by atoms with E-state index in [4.69, 9.17) is 9.47 Å². The van der Waals surface area contributed by atoms with Crippen LogP contribution in [0.5, 0.6) is 5.75 Å². The van der Waals surface area contributed by atoms with Crippen LogP contribution >= 0.6 is 0 Å². The standard InChI is InChI=1S/C18H26O4/c1-4-16(19)22-18(13-7-6-12-17(18,20)5-2)14-8-10-15(21-3)11-9-14/h8-11,20H,4-7,12-13H2,1-3H3. The van der Waals surface area contributed by atoms with Gasteiger partial charge >= 0.3 is 5.97 Å². The number of methoxy groups -OCH3 is 1. The Kier molecular flexibility index (Phi) is 5.12. The number of benzene rings is 1. The Labute approximate surface area is 132 Å². The van der Waals surface area contributed by atoms with Crippen molar-refractivity contribution >= 4 is 5.97 Å². The van der Waals surface area contributed by atoms with Crippen molar-refractivity contribution in [3.8, 4) is 5.75 Å². The summed E-state index contributed by atoms with van der Waals surface area (Å²) in [6.45, 7) is 3.72. The van der Waals surface area contributed by atoms with Gasteiger partial charge in [0.05, 0.1) is 7.11 Å². The Hall–Kier alpha value is -1.55. The normalized spacial score (nSPS) is 28.2. The number of ether oxygens (including phenoxy) is 2. The third-order valence-electron chi connectivity index (χ3n) is 4.84. The van der Waals surface area contributed by atoms with E-state index in [0.717, 1.165) is 24.2 Å². The summed E-state index contributed by atoms with van der Waals surface area (Å²) in [6, 6.07) is 7.49. The molecule has 1 aliphatic carbocycles. The first kappa shape index (κ1) is 16.8. The molecule has 122 valence electrons. The molecule has 0 amide bonds. The van der Waals surface area contributed by atoms with Gasteiger partial charge in [0.2, 0.25) is 0 Å². The molecule has 0 aromatic heterocycles. The molecule has 0 radical (unpaired) electrons. The quantitative estimate of drug-likeness (QED) is 0.845. The van der Waals surface area contributed by atoms with Gasteiger partial charge in [0.1, 0.15) is 11.4 Å². The molecule has 1 aliphatic rings. The van der Waals surface area contributed by atoms with E-state index in [1.54, 1.807) is 14.0 Å². The van der Waals surface area contributed by atoms with E-state index in [0.29, 0.717) is 25.7 Å². The SMILES string of the molecule is CCC(=O)OC1(c2ccc(OC)cc2)CCCCC1(O)CC. The van der Waals surface area contributed by atoms with Crippen molar-refractivity contribution < 1.29 is 19.4 Å². The van der Waals surface area contributed by atoms with Crippen LogP contribution in [0.1, 0.15) is 57.9 Å². The highest BCUT2D eigenvalue weighted by atomic mass is 16.6. The van der Waals surface area contributed by atoms with Crippen LogP contribution in [0.4, 0.5) is 0 Å².